The highest BCUT2D eigenvalue weighted by molar-refractivity contribution is 14.0. The second kappa shape index (κ2) is 14.8. The standard InChI is InChI=1S/C22H43N5O4.HI/c1-16(2)18(25-21(29)31-22(3,4)5)9-11-27(8)20(24-14-19(28)26(6)7)23-13-17-10-12-30-15-17;/h16-18H,9-15H2,1-8H3,(H,23,24)(H,25,29);1H. The van der Waals surface area contributed by atoms with Crippen LogP contribution in [0.15, 0.2) is 4.99 Å². The molecule has 0 saturated carbocycles. The zero-order valence-electron chi connectivity index (χ0n) is 21.1. The summed E-state index contributed by atoms with van der Waals surface area (Å²) in [6, 6.07) is -0.0369. The summed E-state index contributed by atoms with van der Waals surface area (Å²) in [5.74, 6) is 1.33. The summed E-state index contributed by atoms with van der Waals surface area (Å²) in [4.78, 5) is 32.3. The molecule has 0 aliphatic carbocycles. The number of nitrogens with one attached hydrogen (secondary N) is 2. The molecule has 0 aromatic heterocycles. The maximum atomic E-state index is 12.2. The van der Waals surface area contributed by atoms with E-state index in [4.69, 9.17) is 9.47 Å². The third kappa shape index (κ3) is 12.7. The molecule has 1 aliphatic rings. The molecule has 1 aliphatic heterocycles. The van der Waals surface area contributed by atoms with Crippen LogP contribution in [-0.4, -0.2) is 93.4 Å². The van der Waals surface area contributed by atoms with Crippen molar-refractivity contribution in [3.05, 3.63) is 0 Å². The zero-order chi connectivity index (χ0) is 23.6. The monoisotopic (exact) mass is 569 g/mol. The van der Waals surface area contributed by atoms with Gasteiger partial charge in [0.15, 0.2) is 5.96 Å². The Kier molecular flexibility index (Phi) is 14.2. The van der Waals surface area contributed by atoms with Crippen molar-refractivity contribution in [3.63, 3.8) is 0 Å². The molecule has 1 fully saturated rings. The summed E-state index contributed by atoms with van der Waals surface area (Å²) in [5, 5.41) is 6.38. The smallest absolute Gasteiger partial charge is 0.407 e. The van der Waals surface area contributed by atoms with Gasteiger partial charge in [0, 0.05) is 52.8 Å². The first-order chi connectivity index (χ1) is 14.4. The summed E-state index contributed by atoms with van der Waals surface area (Å²) in [6.45, 7) is 12.7. The number of carbonyl (C=O) groups is 2. The van der Waals surface area contributed by atoms with Crippen molar-refractivity contribution in [1.82, 2.24) is 20.4 Å². The van der Waals surface area contributed by atoms with Crippen LogP contribution >= 0.6 is 24.0 Å². The van der Waals surface area contributed by atoms with E-state index in [0.717, 1.165) is 32.6 Å². The van der Waals surface area contributed by atoms with E-state index in [9.17, 15) is 9.59 Å². The molecule has 0 bridgehead atoms. The lowest BCUT2D eigenvalue weighted by Gasteiger charge is -2.29. The lowest BCUT2D eigenvalue weighted by Crippen LogP contribution is -2.46. The van der Waals surface area contributed by atoms with Crippen LogP contribution in [0, 0.1) is 11.8 Å². The van der Waals surface area contributed by atoms with Gasteiger partial charge in [-0.15, -0.1) is 24.0 Å². The predicted octanol–water partition coefficient (Wildman–Crippen LogP) is 2.55. The summed E-state index contributed by atoms with van der Waals surface area (Å²) in [7, 11) is 5.39. The van der Waals surface area contributed by atoms with Gasteiger partial charge in [0.2, 0.25) is 5.91 Å². The molecule has 10 heteroatoms. The van der Waals surface area contributed by atoms with Crippen LogP contribution in [0.3, 0.4) is 0 Å². The molecule has 32 heavy (non-hydrogen) atoms. The first-order valence-electron chi connectivity index (χ1n) is 11.2. The van der Waals surface area contributed by atoms with Crippen LogP contribution in [0.2, 0.25) is 0 Å². The number of likely N-dealkylation sites (N-methyl/N-ethyl adjacent to an activating group) is 1. The van der Waals surface area contributed by atoms with E-state index in [1.807, 2.05) is 32.7 Å². The van der Waals surface area contributed by atoms with Crippen molar-refractivity contribution in [2.24, 2.45) is 16.8 Å². The van der Waals surface area contributed by atoms with Crippen molar-refractivity contribution < 1.29 is 19.1 Å². The van der Waals surface area contributed by atoms with Crippen molar-refractivity contribution in [1.29, 1.82) is 0 Å². The SMILES string of the molecule is CC(C)C(CCN(C)C(=NCC(=O)N(C)C)NCC1CCOC1)NC(=O)OC(C)(C)C.I. The lowest BCUT2D eigenvalue weighted by molar-refractivity contribution is -0.127. The van der Waals surface area contributed by atoms with E-state index in [-0.39, 0.29) is 48.4 Å². The number of nitrogens with zero attached hydrogens (tertiary/aromatic N) is 3. The highest BCUT2D eigenvalue weighted by atomic mass is 127. The van der Waals surface area contributed by atoms with Crippen molar-refractivity contribution >= 4 is 41.9 Å². The van der Waals surface area contributed by atoms with E-state index in [2.05, 4.69) is 29.5 Å². The van der Waals surface area contributed by atoms with Gasteiger partial charge in [-0.1, -0.05) is 13.8 Å². The second-order valence-electron chi connectivity index (χ2n) is 9.75. The van der Waals surface area contributed by atoms with E-state index in [1.165, 1.54) is 4.90 Å². The number of rotatable bonds is 9. The van der Waals surface area contributed by atoms with Crippen molar-refractivity contribution in [3.8, 4) is 0 Å². The minimum Gasteiger partial charge on any atom is -0.444 e. The molecule has 1 saturated heterocycles. The Morgan fingerprint density at radius 3 is 2.38 bits per heavy atom. The first kappa shape index (κ1) is 30.7. The molecular weight excluding hydrogens is 525 g/mol. The maximum Gasteiger partial charge on any atom is 0.407 e. The lowest BCUT2D eigenvalue weighted by atomic mass is 10.0. The molecular formula is C22H44IN5O4. The van der Waals surface area contributed by atoms with Crippen molar-refractivity contribution in [2.75, 3.05) is 54.0 Å². The fraction of sp³-hybridized carbons (Fsp3) is 0.864. The number of carbonyl (C=O) groups excluding carboxylic acids is 2. The van der Waals surface area contributed by atoms with Gasteiger partial charge in [0.25, 0.3) is 0 Å². The molecule has 0 aromatic carbocycles. The molecule has 0 spiro atoms. The van der Waals surface area contributed by atoms with Gasteiger partial charge in [-0.2, -0.15) is 0 Å². The summed E-state index contributed by atoms with van der Waals surface area (Å²) < 4.78 is 10.9. The third-order valence-electron chi connectivity index (χ3n) is 5.08. The molecule has 1 heterocycles. The summed E-state index contributed by atoms with van der Waals surface area (Å²) in [5.41, 5.74) is -0.533. The van der Waals surface area contributed by atoms with Gasteiger partial charge >= 0.3 is 6.09 Å². The molecule has 9 nitrogen and oxygen atoms in total. The van der Waals surface area contributed by atoms with Gasteiger partial charge < -0.3 is 29.9 Å². The Bertz CT molecular complexity index is 602. The number of alkyl carbamates (subject to hydrolysis) is 1. The Balaban J connectivity index is 0.00000961. The molecule has 2 atom stereocenters. The van der Waals surface area contributed by atoms with Crippen LogP contribution < -0.4 is 10.6 Å². The van der Waals surface area contributed by atoms with E-state index >= 15 is 0 Å². The van der Waals surface area contributed by atoms with Crippen molar-refractivity contribution in [2.45, 2.75) is 59.1 Å². The zero-order valence-corrected chi connectivity index (χ0v) is 23.4. The van der Waals surface area contributed by atoms with Crippen LogP contribution in [0.5, 0.6) is 0 Å². The summed E-state index contributed by atoms with van der Waals surface area (Å²) >= 11 is 0. The topological polar surface area (TPSA) is 95.5 Å². The molecule has 2 amide bonds. The molecule has 0 aromatic rings. The first-order valence-corrected chi connectivity index (χ1v) is 11.2. The second-order valence-corrected chi connectivity index (χ2v) is 9.75. The summed E-state index contributed by atoms with van der Waals surface area (Å²) in [6.07, 6.45) is 1.34. The third-order valence-corrected chi connectivity index (χ3v) is 5.08. The predicted molar refractivity (Wildman–Crippen MR) is 139 cm³/mol. The Hall–Kier alpha value is -1.30. The van der Waals surface area contributed by atoms with Gasteiger partial charge in [0.05, 0.1) is 6.61 Å². The quantitative estimate of drug-likeness (QED) is 0.252. The highest BCUT2D eigenvalue weighted by Gasteiger charge is 2.23. The Labute approximate surface area is 211 Å². The number of guanidine groups is 1. The highest BCUT2D eigenvalue weighted by Crippen LogP contribution is 2.12. The average Bonchev–Trinajstić information content (AvgIpc) is 3.16. The Morgan fingerprint density at radius 2 is 1.88 bits per heavy atom. The van der Waals surface area contributed by atoms with Crippen LogP contribution in [0.4, 0.5) is 4.79 Å². The number of hydrogen-bond donors (Lipinski definition) is 2. The fourth-order valence-electron chi connectivity index (χ4n) is 3.05. The molecule has 188 valence electrons. The minimum atomic E-state index is -0.533. The largest absolute Gasteiger partial charge is 0.444 e. The maximum absolute atomic E-state index is 12.2. The molecule has 2 N–H and O–H groups in total. The Morgan fingerprint density at radius 1 is 1.22 bits per heavy atom. The number of halogens is 1. The number of hydrogen-bond acceptors (Lipinski definition) is 5. The van der Waals surface area contributed by atoms with Gasteiger partial charge in [-0.3, -0.25) is 4.79 Å². The van der Waals surface area contributed by atoms with E-state index in [0.29, 0.717) is 18.4 Å². The molecule has 2 unspecified atom stereocenters. The average molecular weight is 570 g/mol. The number of ether oxygens (including phenoxy) is 2. The van der Waals surface area contributed by atoms with Crippen LogP contribution in [0.25, 0.3) is 0 Å². The number of aliphatic imine (C=N–C) groups is 1. The van der Waals surface area contributed by atoms with E-state index < -0.39 is 11.7 Å². The van der Waals surface area contributed by atoms with Gasteiger partial charge in [0.1, 0.15) is 12.1 Å². The van der Waals surface area contributed by atoms with Gasteiger partial charge in [-0.05, 0) is 39.5 Å². The minimum absolute atomic E-state index is 0. The van der Waals surface area contributed by atoms with Gasteiger partial charge in [-0.25, -0.2) is 9.79 Å². The normalized spacial score (nSPS) is 17.4. The molecule has 1 rings (SSSR count). The van der Waals surface area contributed by atoms with Crippen LogP contribution in [0.1, 0.15) is 47.5 Å². The molecule has 0 radical (unpaired) electrons. The number of amides is 2. The fourth-order valence-corrected chi connectivity index (χ4v) is 3.05. The van der Waals surface area contributed by atoms with E-state index in [1.54, 1.807) is 14.1 Å². The van der Waals surface area contributed by atoms with Crippen LogP contribution in [-0.2, 0) is 14.3 Å².